The summed E-state index contributed by atoms with van der Waals surface area (Å²) >= 11 is 5.84. The topological polar surface area (TPSA) is 37.4 Å². The van der Waals surface area contributed by atoms with E-state index in [2.05, 4.69) is 0 Å². The summed E-state index contributed by atoms with van der Waals surface area (Å²) in [6, 6.07) is 2.18. The first kappa shape index (κ1) is 17.6. The van der Waals surface area contributed by atoms with Gasteiger partial charge in [-0.2, -0.15) is 17.5 Å². The summed E-state index contributed by atoms with van der Waals surface area (Å²) in [5, 5.41) is -0.198. The molecule has 1 fully saturated rings. The van der Waals surface area contributed by atoms with Crippen LogP contribution < -0.4 is 0 Å². The van der Waals surface area contributed by atoms with E-state index >= 15 is 0 Å². The van der Waals surface area contributed by atoms with Gasteiger partial charge in [0.05, 0.1) is 10.6 Å². The van der Waals surface area contributed by atoms with E-state index in [0.717, 1.165) is 35.7 Å². The van der Waals surface area contributed by atoms with E-state index in [4.69, 9.17) is 11.6 Å². The molecule has 1 aromatic rings. The summed E-state index contributed by atoms with van der Waals surface area (Å²) in [5.41, 5.74) is -1.02. The molecule has 124 valence electrons. The van der Waals surface area contributed by atoms with Crippen LogP contribution in [0, 0.1) is 0 Å². The van der Waals surface area contributed by atoms with E-state index < -0.39 is 26.7 Å². The fourth-order valence-corrected chi connectivity index (χ4v) is 4.59. The first-order valence-electron chi connectivity index (χ1n) is 6.99. The first-order valence-corrected chi connectivity index (χ1v) is 8.80. The molecule has 1 saturated carbocycles. The monoisotopic (exact) mass is 355 g/mol. The number of hydrogen-bond acceptors (Lipinski definition) is 2. The second-order valence-electron chi connectivity index (χ2n) is 5.46. The summed E-state index contributed by atoms with van der Waals surface area (Å²) in [6.45, 7) is 0. The van der Waals surface area contributed by atoms with Crippen molar-refractivity contribution in [1.29, 1.82) is 0 Å². The molecule has 0 radical (unpaired) electrons. The Bertz CT molecular complexity index is 640. The van der Waals surface area contributed by atoms with Crippen molar-refractivity contribution in [2.24, 2.45) is 0 Å². The van der Waals surface area contributed by atoms with Crippen LogP contribution in [0.15, 0.2) is 23.1 Å². The lowest BCUT2D eigenvalue weighted by atomic mass is 9.96. The number of nitrogens with zero attached hydrogens (tertiary/aromatic N) is 1. The molecule has 0 atom stereocenters. The van der Waals surface area contributed by atoms with E-state index in [9.17, 15) is 21.6 Å². The fraction of sp³-hybridized carbons (Fsp3) is 0.571. The van der Waals surface area contributed by atoms with Crippen molar-refractivity contribution in [2.45, 2.75) is 49.2 Å². The molecule has 0 aliphatic heterocycles. The Balaban J connectivity index is 2.40. The minimum atomic E-state index is -4.61. The molecular weight excluding hydrogens is 339 g/mol. The van der Waals surface area contributed by atoms with Gasteiger partial charge in [0.2, 0.25) is 10.0 Å². The van der Waals surface area contributed by atoms with Gasteiger partial charge in [-0.25, -0.2) is 8.42 Å². The minimum Gasteiger partial charge on any atom is -0.207 e. The molecule has 0 spiro atoms. The van der Waals surface area contributed by atoms with Crippen molar-refractivity contribution in [2.75, 3.05) is 7.05 Å². The van der Waals surface area contributed by atoms with Gasteiger partial charge in [0, 0.05) is 13.1 Å². The van der Waals surface area contributed by atoms with E-state index in [0.29, 0.717) is 18.9 Å². The lowest BCUT2D eigenvalue weighted by Crippen LogP contribution is -2.38. The van der Waals surface area contributed by atoms with Crippen molar-refractivity contribution >= 4 is 21.6 Å². The van der Waals surface area contributed by atoms with Crippen LogP contribution in [0.1, 0.15) is 37.7 Å². The van der Waals surface area contributed by atoms with Crippen LogP contribution in [-0.2, 0) is 16.2 Å². The second kappa shape index (κ2) is 6.37. The van der Waals surface area contributed by atoms with Gasteiger partial charge in [0.15, 0.2) is 0 Å². The van der Waals surface area contributed by atoms with E-state index in [1.54, 1.807) is 0 Å². The molecule has 0 unspecified atom stereocenters. The zero-order chi connectivity index (χ0) is 16.5. The number of benzene rings is 1. The summed E-state index contributed by atoms with van der Waals surface area (Å²) in [7, 11) is -2.65. The summed E-state index contributed by atoms with van der Waals surface area (Å²) in [4.78, 5) is -0.489. The highest BCUT2D eigenvalue weighted by Crippen LogP contribution is 2.35. The van der Waals surface area contributed by atoms with Gasteiger partial charge in [0.1, 0.15) is 4.90 Å². The van der Waals surface area contributed by atoms with Crippen LogP contribution in [0.2, 0.25) is 5.02 Å². The molecule has 0 amide bonds. The molecule has 8 heteroatoms. The molecule has 0 N–H and O–H groups in total. The molecule has 0 saturated heterocycles. The molecule has 3 nitrogen and oxygen atoms in total. The fourth-order valence-electron chi connectivity index (χ4n) is 2.67. The van der Waals surface area contributed by atoms with Gasteiger partial charge in [0.25, 0.3) is 0 Å². The van der Waals surface area contributed by atoms with Crippen LogP contribution >= 0.6 is 11.6 Å². The van der Waals surface area contributed by atoms with Crippen LogP contribution in [0.25, 0.3) is 0 Å². The van der Waals surface area contributed by atoms with Crippen molar-refractivity contribution in [1.82, 2.24) is 4.31 Å². The lowest BCUT2D eigenvalue weighted by Gasteiger charge is -2.30. The number of alkyl halides is 3. The SMILES string of the molecule is CN(C1CCCCC1)S(=O)(=O)c1cc(C(F)(F)F)ccc1Cl. The van der Waals surface area contributed by atoms with E-state index in [1.165, 1.54) is 7.05 Å². The lowest BCUT2D eigenvalue weighted by molar-refractivity contribution is -0.137. The van der Waals surface area contributed by atoms with Gasteiger partial charge in [-0.3, -0.25) is 0 Å². The molecule has 0 aromatic heterocycles. The Morgan fingerprint density at radius 3 is 2.32 bits per heavy atom. The molecular formula is C14H17ClF3NO2S. The molecule has 0 bridgehead atoms. The Hall–Kier alpha value is -0.790. The third kappa shape index (κ3) is 3.58. The van der Waals surface area contributed by atoms with Crippen molar-refractivity contribution in [3.63, 3.8) is 0 Å². The summed E-state index contributed by atoms with van der Waals surface area (Å²) in [5.74, 6) is 0. The number of hydrogen-bond donors (Lipinski definition) is 0. The predicted molar refractivity (Wildman–Crippen MR) is 78.3 cm³/mol. The zero-order valence-corrected chi connectivity index (χ0v) is 13.6. The van der Waals surface area contributed by atoms with Gasteiger partial charge in [-0.05, 0) is 31.0 Å². The standard InChI is InChI=1S/C14H17ClF3NO2S/c1-19(11-5-3-2-4-6-11)22(20,21)13-9-10(14(16,17)18)7-8-12(13)15/h7-9,11H,2-6H2,1H3. The maximum Gasteiger partial charge on any atom is 0.416 e. The number of rotatable bonds is 3. The second-order valence-corrected chi connectivity index (χ2v) is 7.83. The molecule has 0 heterocycles. The van der Waals surface area contributed by atoms with Gasteiger partial charge in [-0.15, -0.1) is 0 Å². The van der Waals surface area contributed by atoms with Crippen LogP contribution in [-0.4, -0.2) is 25.8 Å². The van der Waals surface area contributed by atoms with Crippen LogP contribution in [0.4, 0.5) is 13.2 Å². The highest BCUT2D eigenvalue weighted by Gasteiger charge is 2.35. The Labute approximate surface area is 133 Å². The van der Waals surface area contributed by atoms with Crippen molar-refractivity contribution in [3.8, 4) is 0 Å². The number of sulfonamides is 1. The molecule has 22 heavy (non-hydrogen) atoms. The van der Waals surface area contributed by atoms with Gasteiger partial charge in [-0.1, -0.05) is 30.9 Å². The maximum atomic E-state index is 12.8. The van der Waals surface area contributed by atoms with Crippen molar-refractivity contribution < 1.29 is 21.6 Å². The first-order chi connectivity index (χ1) is 10.1. The molecule has 2 rings (SSSR count). The Morgan fingerprint density at radius 2 is 1.77 bits per heavy atom. The Morgan fingerprint density at radius 1 is 1.18 bits per heavy atom. The summed E-state index contributed by atoms with van der Waals surface area (Å²) < 4.78 is 64.7. The third-order valence-electron chi connectivity index (χ3n) is 4.00. The Kier molecular flexibility index (Phi) is 5.09. The van der Waals surface area contributed by atoms with Crippen LogP contribution in [0.5, 0.6) is 0 Å². The number of halogens is 4. The van der Waals surface area contributed by atoms with E-state index in [1.807, 2.05) is 0 Å². The largest absolute Gasteiger partial charge is 0.416 e. The maximum absolute atomic E-state index is 12.8. The highest BCUT2D eigenvalue weighted by molar-refractivity contribution is 7.89. The summed E-state index contributed by atoms with van der Waals surface area (Å²) in [6.07, 6.45) is -0.298. The smallest absolute Gasteiger partial charge is 0.207 e. The predicted octanol–water partition coefficient (Wildman–Crippen LogP) is 4.31. The molecule has 1 aliphatic carbocycles. The third-order valence-corrected chi connectivity index (χ3v) is 6.40. The zero-order valence-electron chi connectivity index (χ0n) is 12.0. The van der Waals surface area contributed by atoms with Crippen LogP contribution in [0.3, 0.4) is 0 Å². The van der Waals surface area contributed by atoms with Gasteiger partial charge < -0.3 is 0 Å². The average Bonchev–Trinajstić information content (AvgIpc) is 2.46. The highest BCUT2D eigenvalue weighted by atomic mass is 35.5. The van der Waals surface area contributed by atoms with E-state index in [-0.39, 0.29) is 11.1 Å². The average molecular weight is 356 g/mol. The molecule has 1 aliphatic rings. The van der Waals surface area contributed by atoms with Gasteiger partial charge >= 0.3 is 6.18 Å². The quantitative estimate of drug-likeness (QED) is 0.810. The normalized spacial score (nSPS) is 17.9. The molecule has 1 aromatic carbocycles. The minimum absolute atomic E-state index is 0.190. The van der Waals surface area contributed by atoms with Crippen molar-refractivity contribution in [3.05, 3.63) is 28.8 Å².